The Morgan fingerprint density at radius 2 is 1.77 bits per heavy atom. The minimum atomic E-state index is -1.06. The van der Waals surface area contributed by atoms with E-state index >= 15 is 0 Å². The molecule has 0 saturated heterocycles. The number of hydrogen-bond acceptors (Lipinski definition) is 6. The molecule has 0 aromatic heterocycles. The van der Waals surface area contributed by atoms with Gasteiger partial charge in [-0.25, -0.2) is 4.79 Å². The zero-order valence-corrected chi connectivity index (χ0v) is 16.2. The fourth-order valence-electron chi connectivity index (χ4n) is 1.98. The number of aliphatic carboxylic acids is 1. The number of carbonyl (C=O) groups excluding carboxylic acids is 3. The third kappa shape index (κ3) is 11.4. The molecule has 0 aliphatic heterocycles. The van der Waals surface area contributed by atoms with Crippen molar-refractivity contribution in [3.8, 4) is 0 Å². The molecule has 9 heteroatoms. The number of carboxylic acids is 1. The topological polar surface area (TPSA) is 122 Å². The number of ketones is 1. The normalized spacial score (nSPS) is 12.2. The van der Waals surface area contributed by atoms with Crippen LogP contribution in [0.3, 0.4) is 0 Å². The van der Waals surface area contributed by atoms with Gasteiger partial charge < -0.3 is 19.9 Å². The van der Waals surface area contributed by atoms with Gasteiger partial charge in [-0.1, -0.05) is 0 Å². The molecule has 26 heavy (non-hydrogen) atoms. The second-order valence-corrected chi connectivity index (χ2v) is 6.77. The zero-order chi connectivity index (χ0) is 20.3. The largest absolute Gasteiger partial charge is 0.481 e. The van der Waals surface area contributed by atoms with Crippen molar-refractivity contribution in [3.05, 3.63) is 0 Å². The van der Waals surface area contributed by atoms with E-state index in [-0.39, 0.29) is 38.3 Å². The van der Waals surface area contributed by atoms with Gasteiger partial charge in [-0.3, -0.25) is 19.3 Å². The van der Waals surface area contributed by atoms with Crippen molar-refractivity contribution in [2.45, 2.75) is 65.5 Å². The Balaban J connectivity index is 4.86. The highest BCUT2D eigenvalue weighted by atomic mass is 16.6. The Kier molecular flexibility index (Phi) is 10.5. The molecule has 0 radical (unpaired) electrons. The van der Waals surface area contributed by atoms with Crippen molar-refractivity contribution in [3.63, 3.8) is 0 Å². The van der Waals surface area contributed by atoms with Crippen LogP contribution in [-0.4, -0.2) is 65.3 Å². The van der Waals surface area contributed by atoms with E-state index in [0.717, 1.165) is 0 Å². The Morgan fingerprint density at radius 1 is 1.15 bits per heavy atom. The number of Topliss-reactive ketones (excluding diaryl/α,β-unsaturated/α-hetero) is 1. The summed E-state index contributed by atoms with van der Waals surface area (Å²) in [5, 5.41) is 11.2. The summed E-state index contributed by atoms with van der Waals surface area (Å²) in [6.07, 6.45) is -0.922. The van der Waals surface area contributed by atoms with Crippen LogP contribution in [0.4, 0.5) is 4.79 Å². The van der Waals surface area contributed by atoms with Crippen molar-refractivity contribution in [2.24, 2.45) is 0 Å². The molecule has 2 amide bonds. The summed E-state index contributed by atoms with van der Waals surface area (Å²) in [5.74, 6) is -1.83. The molecule has 0 rings (SSSR count). The lowest BCUT2D eigenvalue weighted by molar-refractivity contribution is -0.137. The summed E-state index contributed by atoms with van der Waals surface area (Å²) in [5.41, 5.74) is -0.689. The Labute approximate surface area is 154 Å². The van der Waals surface area contributed by atoms with E-state index in [2.05, 4.69) is 5.32 Å². The van der Waals surface area contributed by atoms with E-state index in [1.807, 2.05) is 0 Å². The second kappa shape index (κ2) is 11.5. The maximum Gasteiger partial charge on any atom is 0.412 e. The van der Waals surface area contributed by atoms with Gasteiger partial charge in [0.2, 0.25) is 5.91 Å². The van der Waals surface area contributed by atoms with Crippen molar-refractivity contribution in [1.82, 2.24) is 10.2 Å². The molecule has 0 fully saturated rings. The maximum atomic E-state index is 12.4. The Morgan fingerprint density at radius 3 is 2.23 bits per heavy atom. The van der Waals surface area contributed by atoms with Gasteiger partial charge in [0.1, 0.15) is 12.3 Å². The number of hydrogen-bond donors (Lipinski definition) is 2. The average Bonchev–Trinajstić information content (AvgIpc) is 2.48. The highest BCUT2D eigenvalue weighted by molar-refractivity contribution is 5.89. The predicted molar refractivity (Wildman–Crippen MR) is 93.5 cm³/mol. The van der Waals surface area contributed by atoms with E-state index in [1.165, 1.54) is 11.8 Å². The van der Waals surface area contributed by atoms with Crippen molar-refractivity contribution in [1.29, 1.82) is 0 Å². The van der Waals surface area contributed by atoms with E-state index in [9.17, 15) is 19.2 Å². The lowest BCUT2D eigenvalue weighted by Crippen LogP contribution is -2.43. The minimum Gasteiger partial charge on any atom is -0.481 e. The van der Waals surface area contributed by atoms with Crippen LogP contribution >= 0.6 is 0 Å². The summed E-state index contributed by atoms with van der Waals surface area (Å²) in [6, 6.07) is -0.906. The van der Waals surface area contributed by atoms with Gasteiger partial charge in [0.15, 0.2) is 5.78 Å². The highest BCUT2D eigenvalue weighted by Gasteiger charge is 2.25. The Hall–Kier alpha value is -2.16. The molecule has 0 bridgehead atoms. The molecular formula is C17H30N2O7. The third-order valence-corrected chi connectivity index (χ3v) is 3.14. The lowest BCUT2D eigenvalue weighted by Gasteiger charge is -2.27. The van der Waals surface area contributed by atoms with Crippen LogP contribution < -0.4 is 5.32 Å². The van der Waals surface area contributed by atoms with Crippen molar-refractivity contribution in [2.75, 3.05) is 19.9 Å². The molecule has 1 atom stereocenters. The van der Waals surface area contributed by atoms with Crippen LogP contribution in [0, 0.1) is 0 Å². The number of carbonyl (C=O) groups is 4. The molecular weight excluding hydrogens is 344 g/mol. The standard InChI is InChI=1S/C17H30N2O7/c1-6-25-11-19(16(24)26-17(3,4)5)10-9-14(21)13(18-12(2)20)7-8-15(22)23/h13H,6-11H2,1-5H3,(H,18,20)(H,22,23). The van der Waals surface area contributed by atoms with Gasteiger partial charge in [-0.05, 0) is 34.1 Å². The lowest BCUT2D eigenvalue weighted by atomic mass is 10.0. The van der Waals surface area contributed by atoms with Gasteiger partial charge >= 0.3 is 12.1 Å². The predicted octanol–water partition coefficient (Wildman–Crippen LogP) is 1.55. The fraction of sp³-hybridized carbons (Fsp3) is 0.765. The number of rotatable bonds is 11. The van der Waals surface area contributed by atoms with Crippen LogP contribution in [0.15, 0.2) is 0 Å². The molecule has 0 spiro atoms. The molecule has 9 nitrogen and oxygen atoms in total. The monoisotopic (exact) mass is 374 g/mol. The van der Waals surface area contributed by atoms with Crippen LogP contribution in [-0.2, 0) is 23.9 Å². The maximum absolute atomic E-state index is 12.4. The van der Waals surface area contributed by atoms with E-state index in [1.54, 1.807) is 27.7 Å². The first kappa shape index (κ1) is 23.8. The summed E-state index contributed by atoms with van der Waals surface area (Å²) < 4.78 is 10.5. The molecule has 0 aliphatic rings. The third-order valence-electron chi connectivity index (χ3n) is 3.14. The first-order chi connectivity index (χ1) is 12.0. The first-order valence-electron chi connectivity index (χ1n) is 8.53. The summed E-state index contributed by atoms with van der Waals surface area (Å²) in [4.78, 5) is 47.8. The molecule has 0 heterocycles. The van der Waals surface area contributed by atoms with Crippen molar-refractivity contribution >= 4 is 23.8 Å². The van der Waals surface area contributed by atoms with Gasteiger partial charge in [0.25, 0.3) is 0 Å². The van der Waals surface area contributed by atoms with Crippen LogP contribution in [0.1, 0.15) is 53.9 Å². The molecule has 0 saturated carbocycles. The van der Waals surface area contributed by atoms with Crippen LogP contribution in [0.25, 0.3) is 0 Å². The van der Waals surface area contributed by atoms with Gasteiger partial charge in [0, 0.05) is 32.9 Å². The molecule has 0 aromatic rings. The molecule has 0 aliphatic carbocycles. The summed E-state index contributed by atoms with van der Waals surface area (Å²) in [7, 11) is 0. The van der Waals surface area contributed by atoms with Gasteiger partial charge in [-0.2, -0.15) is 0 Å². The first-order valence-corrected chi connectivity index (χ1v) is 8.53. The van der Waals surface area contributed by atoms with E-state index in [4.69, 9.17) is 14.6 Å². The van der Waals surface area contributed by atoms with Gasteiger partial charge in [-0.15, -0.1) is 0 Å². The van der Waals surface area contributed by atoms with E-state index < -0.39 is 29.6 Å². The average molecular weight is 374 g/mol. The SMILES string of the molecule is CCOCN(CCC(=O)C(CCC(=O)O)NC(C)=O)C(=O)OC(C)(C)C. The molecule has 1 unspecified atom stereocenters. The number of carboxylic acid groups (broad SMARTS) is 1. The highest BCUT2D eigenvalue weighted by Crippen LogP contribution is 2.11. The summed E-state index contributed by atoms with van der Waals surface area (Å²) >= 11 is 0. The van der Waals surface area contributed by atoms with E-state index in [0.29, 0.717) is 6.61 Å². The van der Waals surface area contributed by atoms with Crippen molar-refractivity contribution < 1.29 is 33.8 Å². The smallest absolute Gasteiger partial charge is 0.412 e. The number of nitrogens with zero attached hydrogens (tertiary/aromatic N) is 1. The molecule has 150 valence electrons. The second-order valence-electron chi connectivity index (χ2n) is 6.77. The number of amides is 2. The van der Waals surface area contributed by atoms with Crippen LogP contribution in [0.2, 0.25) is 0 Å². The minimum absolute atomic E-state index is 0.00829. The number of ether oxygens (including phenoxy) is 2. The Bertz CT molecular complexity index is 500. The summed E-state index contributed by atoms with van der Waals surface area (Å²) in [6.45, 7) is 8.62. The quantitative estimate of drug-likeness (QED) is 0.526. The van der Waals surface area contributed by atoms with Gasteiger partial charge in [0.05, 0.1) is 6.04 Å². The zero-order valence-electron chi connectivity index (χ0n) is 16.2. The van der Waals surface area contributed by atoms with Crippen LogP contribution in [0.5, 0.6) is 0 Å². The fourth-order valence-corrected chi connectivity index (χ4v) is 1.98. The molecule has 0 aromatic carbocycles. The molecule has 2 N–H and O–H groups in total. The number of nitrogens with one attached hydrogen (secondary N) is 1.